The second kappa shape index (κ2) is 9.01. The average molecular weight is 373 g/mol. The van der Waals surface area contributed by atoms with Gasteiger partial charge in [-0.2, -0.15) is 0 Å². The van der Waals surface area contributed by atoms with Gasteiger partial charge in [-0.05, 0) is 30.9 Å². The first-order valence-corrected chi connectivity index (χ1v) is 7.58. The zero-order chi connectivity index (χ0) is 15.5. The van der Waals surface area contributed by atoms with Crippen molar-refractivity contribution >= 4 is 30.7 Å². The molecule has 24 heavy (non-hydrogen) atoms. The Morgan fingerprint density at radius 1 is 1.38 bits per heavy atom. The topological polar surface area (TPSA) is 85.2 Å². The molecule has 0 aliphatic carbocycles. The highest BCUT2D eigenvalue weighted by molar-refractivity contribution is 5.92. The molecule has 2 aromatic heterocycles. The molecule has 2 N–H and O–H groups in total. The maximum Gasteiger partial charge on any atom is 0.292 e. The summed E-state index contributed by atoms with van der Waals surface area (Å²) in [4.78, 5) is 18.7. The Labute approximate surface area is 153 Å². The van der Waals surface area contributed by atoms with Gasteiger partial charge in [0.1, 0.15) is 5.69 Å². The van der Waals surface area contributed by atoms with Crippen LogP contribution >= 0.6 is 24.8 Å². The number of nitrogens with two attached hydrogens (primary N) is 1. The molecule has 1 fully saturated rings. The minimum atomic E-state index is -0.142. The highest BCUT2D eigenvalue weighted by atomic mass is 35.5. The van der Waals surface area contributed by atoms with Crippen molar-refractivity contribution in [3.8, 4) is 11.4 Å². The van der Waals surface area contributed by atoms with E-state index in [4.69, 9.17) is 10.3 Å². The zero-order valence-corrected chi connectivity index (χ0v) is 15.1. The third kappa shape index (κ3) is 4.26. The molecule has 0 bridgehead atoms. The number of halogens is 2. The first-order chi connectivity index (χ1) is 10.7. The normalized spacial score (nSPS) is 20.0. The molecule has 0 spiro atoms. The predicted molar refractivity (Wildman–Crippen MR) is 96.5 cm³/mol. The lowest BCUT2D eigenvalue weighted by Gasteiger charge is -2.37. The van der Waals surface area contributed by atoms with Gasteiger partial charge in [-0.3, -0.25) is 9.78 Å². The number of likely N-dealkylation sites (tertiary alicyclic amines) is 1. The van der Waals surface area contributed by atoms with E-state index < -0.39 is 0 Å². The molecule has 1 saturated heterocycles. The molecule has 0 aromatic carbocycles. The lowest BCUT2D eigenvalue weighted by Crippen LogP contribution is -2.49. The second-order valence-corrected chi connectivity index (χ2v) is 5.81. The van der Waals surface area contributed by atoms with Crippen LogP contribution < -0.4 is 5.73 Å². The van der Waals surface area contributed by atoms with Crippen LogP contribution in [0.3, 0.4) is 0 Å². The van der Waals surface area contributed by atoms with Gasteiger partial charge in [-0.15, -0.1) is 24.8 Å². The van der Waals surface area contributed by atoms with Crippen molar-refractivity contribution < 1.29 is 9.32 Å². The molecule has 2 unspecified atom stereocenters. The van der Waals surface area contributed by atoms with Crippen LogP contribution in [-0.2, 0) is 0 Å². The number of pyridine rings is 1. The van der Waals surface area contributed by atoms with E-state index in [2.05, 4.69) is 17.1 Å². The van der Waals surface area contributed by atoms with Crippen molar-refractivity contribution in [2.45, 2.75) is 25.8 Å². The largest absolute Gasteiger partial charge is 0.350 e. The number of hydrogen-bond donors (Lipinski definition) is 1. The second-order valence-electron chi connectivity index (χ2n) is 5.81. The predicted octanol–water partition coefficient (Wildman–Crippen LogP) is 2.78. The zero-order valence-electron chi connectivity index (χ0n) is 13.4. The van der Waals surface area contributed by atoms with Crippen LogP contribution in [0.4, 0.5) is 0 Å². The molecule has 3 rings (SSSR count). The molecule has 132 valence electrons. The Morgan fingerprint density at radius 3 is 2.83 bits per heavy atom. The standard InChI is InChI=1S/C16H20N4O2.2ClH/c1-11-5-7-20(12(8-11)10-17)16(21)15-9-14(19-22-15)13-4-2-3-6-18-13;;/h2-4,6,9,11-12H,5,7-8,10,17H2,1H3;2*1H. The molecular formula is C16H22Cl2N4O2. The number of carbonyl (C=O) groups is 1. The van der Waals surface area contributed by atoms with Crippen LogP contribution in [0.1, 0.15) is 30.3 Å². The molecule has 1 amide bonds. The van der Waals surface area contributed by atoms with E-state index in [0.717, 1.165) is 12.8 Å². The Balaban J connectivity index is 0.00000144. The molecule has 0 radical (unpaired) electrons. The maximum absolute atomic E-state index is 12.6. The monoisotopic (exact) mass is 372 g/mol. The van der Waals surface area contributed by atoms with E-state index in [1.54, 1.807) is 12.3 Å². The van der Waals surface area contributed by atoms with Gasteiger partial charge in [0.25, 0.3) is 5.91 Å². The summed E-state index contributed by atoms with van der Waals surface area (Å²) in [6.07, 6.45) is 3.61. The summed E-state index contributed by atoms with van der Waals surface area (Å²) in [5.74, 6) is 0.696. The number of piperidine rings is 1. The average Bonchev–Trinajstić information content (AvgIpc) is 3.05. The van der Waals surface area contributed by atoms with Crippen molar-refractivity contribution in [3.63, 3.8) is 0 Å². The van der Waals surface area contributed by atoms with Crippen molar-refractivity contribution in [2.75, 3.05) is 13.1 Å². The Hall–Kier alpha value is -1.63. The minimum absolute atomic E-state index is 0. The van der Waals surface area contributed by atoms with E-state index in [-0.39, 0.29) is 42.5 Å². The number of carbonyl (C=O) groups excluding carboxylic acids is 1. The number of amides is 1. The summed E-state index contributed by atoms with van der Waals surface area (Å²) >= 11 is 0. The van der Waals surface area contributed by atoms with Gasteiger partial charge in [-0.1, -0.05) is 18.1 Å². The number of hydrogen-bond acceptors (Lipinski definition) is 5. The number of nitrogens with zero attached hydrogens (tertiary/aromatic N) is 3. The summed E-state index contributed by atoms with van der Waals surface area (Å²) in [5, 5.41) is 3.95. The lowest BCUT2D eigenvalue weighted by molar-refractivity contribution is 0.0532. The maximum atomic E-state index is 12.6. The summed E-state index contributed by atoms with van der Waals surface area (Å²) in [6, 6.07) is 7.25. The molecule has 3 heterocycles. The number of rotatable bonds is 3. The third-order valence-electron chi connectivity index (χ3n) is 4.16. The van der Waals surface area contributed by atoms with Crippen molar-refractivity contribution in [1.29, 1.82) is 0 Å². The number of aromatic nitrogens is 2. The SMILES string of the molecule is CC1CCN(C(=O)c2cc(-c3ccccn3)no2)C(CN)C1.Cl.Cl. The van der Waals surface area contributed by atoms with Crippen LogP contribution in [0, 0.1) is 5.92 Å². The van der Waals surface area contributed by atoms with Crippen LogP contribution in [0.5, 0.6) is 0 Å². The fourth-order valence-electron chi connectivity index (χ4n) is 2.89. The van der Waals surface area contributed by atoms with Crippen LogP contribution in [0.2, 0.25) is 0 Å². The summed E-state index contributed by atoms with van der Waals surface area (Å²) < 4.78 is 5.23. The Kier molecular flexibility index (Phi) is 7.66. The van der Waals surface area contributed by atoms with Crippen LogP contribution in [0.25, 0.3) is 11.4 Å². The van der Waals surface area contributed by atoms with Gasteiger partial charge in [0.15, 0.2) is 0 Å². The third-order valence-corrected chi connectivity index (χ3v) is 4.16. The molecule has 8 heteroatoms. The Bertz CT molecular complexity index is 651. The van der Waals surface area contributed by atoms with Crippen molar-refractivity contribution in [3.05, 3.63) is 36.2 Å². The van der Waals surface area contributed by atoms with E-state index in [1.165, 1.54) is 0 Å². The smallest absolute Gasteiger partial charge is 0.292 e. The lowest BCUT2D eigenvalue weighted by atomic mass is 9.92. The van der Waals surface area contributed by atoms with E-state index >= 15 is 0 Å². The molecule has 2 atom stereocenters. The highest BCUT2D eigenvalue weighted by Gasteiger charge is 2.31. The summed E-state index contributed by atoms with van der Waals surface area (Å²) in [7, 11) is 0. The van der Waals surface area contributed by atoms with E-state index in [9.17, 15) is 4.79 Å². The van der Waals surface area contributed by atoms with Crippen LogP contribution in [-0.4, -0.2) is 40.1 Å². The fraction of sp³-hybridized carbons (Fsp3) is 0.438. The molecule has 6 nitrogen and oxygen atoms in total. The molecule has 1 aliphatic rings. The summed E-state index contributed by atoms with van der Waals surface area (Å²) in [6.45, 7) is 3.37. The Morgan fingerprint density at radius 2 is 2.17 bits per heavy atom. The van der Waals surface area contributed by atoms with Gasteiger partial charge in [-0.25, -0.2) is 0 Å². The van der Waals surface area contributed by atoms with E-state index in [0.29, 0.717) is 30.4 Å². The molecule has 2 aromatic rings. The minimum Gasteiger partial charge on any atom is -0.350 e. The van der Waals surface area contributed by atoms with Crippen molar-refractivity contribution in [1.82, 2.24) is 15.0 Å². The van der Waals surface area contributed by atoms with Gasteiger partial charge in [0.2, 0.25) is 5.76 Å². The quantitative estimate of drug-likeness (QED) is 0.894. The molecular weight excluding hydrogens is 351 g/mol. The fourth-order valence-corrected chi connectivity index (χ4v) is 2.89. The summed E-state index contributed by atoms with van der Waals surface area (Å²) in [5.41, 5.74) is 7.07. The van der Waals surface area contributed by atoms with E-state index in [1.807, 2.05) is 23.1 Å². The van der Waals surface area contributed by atoms with Gasteiger partial charge < -0.3 is 15.2 Å². The van der Waals surface area contributed by atoms with Crippen molar-refractivity contribution in [2.24, 2.45) is 11.7 Å². The first kappa shape index (κ1) is 20.4. The van der Waals surface area contributed by atoms with Crippen LogP contribution in [0.15, 0.2) is 35.0 Å². The van der Waals surface area contributed by atoms with Gasteiger partial charge in [0.05, 0.1) is 5.69 Å². The van der Waals surface area contributed by atoms with Gasteiger partial charge >= 0.3 is 0 Å². The van der Waals surface area contributed by atoms with Gasteiger partial charge in [0, 0.05) is 31.4 Å². The molecule has 1 aliphatic heterocycles. The molecule has 0 saturated carbocycles. The first-order valence-electron chi connectivity index (χ1n) is 7.58. The highest BCUT2D eigenvalue weighted by Crippen LogP contribution is 2.25.